The highest BCUT2D eigenvalue weighted by atomic mass is 16.7. The lowest BCUT2D eigenvalue weighted by molar-refractivity contribution is -0.360. The van der Waals surface area contributed by atoms with Crippen LogP contribution < -0.4 is 0 Å². The summed E-state index contributed by atoms with van der Waals surface area (Å²) < 4.78 is 26.5. The summed E-state index contributed by atoms with van der Waals surface area (Å²) in [5.41, 5.74) is 0. The molecule has 2 heterocycles. The molecular formula is C22H40O13. The van der Waals surface area contributed by atoms with E-state index in [2.05, 4.69) is 4.74 Å². The first-order valence-corrected chi connectivity index (χ1v) is 12.0. The van der Waals surface area contributed by atoms with Gasteiger partial charge in [0, 0.05) is 13.0 Å². The standard InChI is InChI=1S/C22H40O13/c1-31-14(25)8-6-4-2-3-5-7-9-32-21-19(30)20(16(27)13(11-24)33-21)35-22-18(29)17(28)15(26)12(10-23)34-22/h12-13,15-24,26-30H,2-11H2,1H3/t12-,13-,15+,16+,17+,18-,19-,20+,21-,22-/m1/s1. The van der Waals surface area contributed by atoms with Crippen molar-refractivity contribution in [3.63, 3.8) is 0 Å². The summed E-state index contributed by atoms with van der Waals surface area (Å²) in [6.07, 6.45) is -9.24. The van der Waals surface area contributed by atoms with E-state index in [0.717, 1.165) is 32.1 Å². The third-order valence-electron chi connectivity index (χ3n) is 6.25. The number of hydrogen-bond acceptors (Lipinski definition) is 13. The molecule has 2 fully saturated rings. The number of ether oxygens (including phenoxy) is 5. The SMILES string of the molecule is COC(=O)CCCCCCCCO[C@@H]1O[C@H](CO)[C@H](O)[C@H](O[C@H]2O[C@H](CO)[C@H](O)[C@H](O)[C@H]2O)[C@H]1O. The van der Waals surface area contributed by atoms with Crippen LogP contribution in [0.2, 0.25) is 0 Å². The van der Waals surface area contributed by atoms with Gasteiger partial charge in [-0.3, -0.25) is 4.79 Å². The molecule has 35 heavy (non-hydrogen) atoms. The van der Waals surface area contributed by atoms with Crippen LogP contribution in [0.5, 0.6) is 0 Å². The largest absolute Gasteiger partial charge is 0.469 e. The van der Waals surface area contributed by atoms with Gasteiger partial charge in [0.2, 0.25) is 0 Å². The average Bonchev–Trinajstić information content (AvgIpc) is 2.86. The first kappa shape index (κ1) is 30.3. The maximum absolute atomic E-state index is 11.1. The normalized spacial score (nSPS) is 37.8. The van der Waals surface area contributed by atoms with E-state index in [4.69, 9.17) is 18.9 Å². The Kier molecular flexibility index (Phi) is 13.2. The van der Waals surface area contributed by atoms with Crippen LogP contribution in [0.15, 0.2) is 0 Å². The van der Waals surface area contributed by atoms with Crippen molar-refractivity contribution in [2.24, 2.45) is 0 Å². The Morgan fingerprint density at radius 3 is 1.91 bits per heavy atom. The number of aliphatic hydroxyl groups excluding tert-OH is 7. The van der Waals surface area contributed by atoms with Gasteiger partial charge in [0.1, 0.15) is 48.8 Å². The Balaban J connectivity index is 1.82. The van der Waals surface area contributed by atoms with Crippen molar-refractivity contribution < 1.29 is 64.2 Å². The zero-order valence-corrected chi connectivity index (χ0v) is 19.9. The van der Waals surface area contributed by atoms with Gasteiger partial charge in [-0.05, 0) is 12.8 Å². The quantitative estimate of drug-likeness (QED) is 0.0953. The fraction of sp³-hybridized carbons (Fsp3) is 0.955. The molecule has 0 bridgehead atoms. The van der Waals surface area contributed by atoms with Gasteiger partial charge in [0.25, 0.3) is 0 Å². The van der Waals surface area contributed by atoms with E-state index in [1.54, 1.807) is 0 Å². The molecule has 2 rings (SSSR count). The lowest BCUT2D eigenvalue weighted by atomic mass is 9.97. The molecule has 2 aliphatic rings. The van der Waals surface area contributed by atoms with Crippen molar-refractivity contribution in [3.8, 4) is 0 Å². The van der Waals surface area contributed by atoms with Crippen molar-refractivity contribution in [2.45, 2.75) is 106 Å². The van der Waals surface area contributed by atoms with Crippen LogP contribution in [0.4, 0.5) is 0 Å². The molecule has 0 spiro atoms. The molecule has 10 atom stereocenters. The van der Waals surface area contributed by atoms with Crippen LogP contribution in [0.1, 0.15) is 44.9 Å². The van der Waals surface area contributed by atoms with E-state index in [1.165, 1.54) is 7.11 Å². The topological polar surface area (TPSA) is 205 Å². The highest BCUT2D eigenvalue weighted by molar-refractivity contribution is 5.68. The molecule has 0 aromatic carbocycles. The Morgan fingerprint density at radius 2 is 1.29 bits per heavy atom. The number of esters is 1. The monoisotopic (exact) mass is 512 g/mol. The summed E-state index contributed by atoms with van der Waals surface area (Å²) in [6.45, 7) is -1.04. The lowest BCUT2D eigenvalue weighted by Crippen LogP contribution is -2.64. The Hall–Kier alpha value is -0.970. The predicted molar refractivity (Wildman–Crippen MR) is 117 cm³/mol. The fourth-order valence-electron chi connectivity index (χ4n) is 4.07. The maximum Gasteiger partial charge on any atom is 0.305 e. The maximum atomic E-state index is 11.1. The fourth-order valence-corrected chi connectivity index (χ4v) is 4.07. The number of methoxy groups -OCH3 is 1. The number of carbonyl (C=O) groups is 1. The molecule has 13 nitrogen and oxygen atoms in total. The molecular weight excluding hydrogens is 472 g/mol. The van der Waals surface area contributed by atoms with Crippen molar-refractivity contribution in [1.82, 2.24) is 0 Å². The first-order chi connectivity index (χ1) is 16.7. The van der Waals surface area contributed by atoms with Gasteiger partial charge in [-0.15, -0.1) is 0 Å². The minimum atomic E-state index is -1.73. The second kappa shape index (κ2) is 15.3. The van der Waals surface area contributed by atoms with Gasteiger partial charge in [-0.1, -0.05) is 25.7 Å². The van der Waals surface area contributed by atoms with E-state index < -0.39 is 74.6 Å². The van der Waals surface area contributed by atoms with Gasteiger partial charge in [0.05, 0.1) is 20.3 Å². The summed E-state index contributed by atoms with van der Waals surface area (Å²) in [7, 11) is 1.36. The highest BCUT2D eigenvalue weighted by Crippen LogP contribution is 2.29. The smallest absolute Gasteiger partial charge is 0.305 e. The minimum absolute atomic E-state index is 0.218. The molecule has 0 amide bonds. The van der Waals surface area contributed by atoms with Crippen molar-refractivity contribution in [3.05, 3.63) is 0 Å². The lowest BCUT2D eigenvalue weighted by Gasteiger charge is -2.45. The van der Waals surface area contributed by atoms with E-state index in [0.29, 0.717) is 12.8 Å². The minimum Gasteiger partial charge on any atom is -0.469 e. The van der Waals surface area contributed by atoms with Crippen molar-refractivity contribution >= 4 is 5.97 Å². The number of carbonyl (C=O) groups excluding carboxylic acids is 1. The Bertz CT molecular complexity index is 606. The third kappa shape index (κ3) is 8.54. The molecule has 0 saturated carbocycles. The van der Waals surface area contributed by atoms with Crippen LogP contribution in [0.3, 0.4) is 0 Å². The summed E-state index contributed by atoms with van der Waals surface area (Å²) in [4.78, 5) is 11.1. The summed E-state index contributed by atoms with van der Waals surface area (Å²) in [5.74, 6) is -0.218. The first-order valence-electron chi connectivity index (χ1n) is 12.0. The number of aliphatic hydroxyl groups is 7. The third-order valence-corrected chi connectivity index (χ3v) is 6.25. The van der Waals surface area contributed by atoms with Gasteiger partial charge in [0.15, 0.2) is 12.6 Å². The highest BCUT2D eigenvalue weighted by Gasteiger charge is 2.50. The number of rotatable bonds is 14. The molecule has 206 valence electrons. The number of unbranched alkanes of at least 4 members (excludes halogenated alkanes) is 5. The zero-order valence-electron chi connectivity index (χ0n) is 19.9. The predicted octanol–water partition coefficient (Wildman–Crippen LogP) is -2.47. The van der Waals surface area contributed by atoms with E-state index in [9.17, 15) is 40.5 Å². The van der Waals surface area contributed by atoms with Gasteiger partial charge in [-0.2, -0.15) is 0 Å². The molecule has 7 N–H and O–H groups in total. The molecule has 0 unspecified atom stereocenters. The van der Waals surface area contributed by atoms with Crippen molar-refractivity contribution in [2.75, 3.05) is 26.9 Å². The molecule has 0 radical (unpaired) electrons. The molecule has 2 aliphatic heterocycles. The number of hydrogen-bond donors (Lipinski definition) is 7. The van der Waals surface area contributed by atoms with E-state index in [1.807, 2.05) is 0 Å². The van der Waals surface area contributed by atoms with Gasteiger partial charge in [-0.25, -0.2) is 0 Å². The second-order valence-corrected chi connectivity index (χ2v) is 8.82. The van der Waals surface area contributed by atoms with Crippen molar-refractivity contribution in [1.29, 1.82) is 0 Å². The van der Waals surface area contributed by atoms with E-state index in [-0.39, 0.29) is 12.6 Å². The summed E-state index contributed by atoms with van der Waals surface area (Å²) in [6, 6.07) is 0. The molecule has 0 aliphatic carbocycles. The molecule has 2 saturated heterocycles. The zero-order chi connectivity index (χ0) is 26.0. The molecule has 0 aromatic rings. The van der Waals surface area contributed by atoms with Gasteiger partial charge >= 0.3 is 5.97 Å². The average molecular weight is 513 g/mol. The molecule has 13 heteroatoms. The van der Waals surface area contributed by atoms with Crippen LogP contribution >= 0.6 is 0 Å². The Labute approximate surface area is 204 Å². The van der Waals surface area contributed by atoms with Crippen LogP contribution in [-0.4, -0.2) is 130 Å². The molecule has 0 aromatic heterocycles. The van der Waals surface area contributed by atoms with E-state index >= 15 is 0 Å². The van der Waals surface area contributed by atoms with Gasteiger partial charge < -0.3 is 59.4 Å². The summed E-state index contributed by atoms with van der Waals surface area (Å²) in [5, 5.41) is 70.1. The summed E-state index contributed by atoms with van der Waals surface area (Å²) >= 11 is 0. The van der Waals surface area contributed by atoms with Crippen LogP contribution in [-0.2, 0) is 28.5 Å². The van der Waals surface area contributed by atoms with Crippen LogP contribution in [0, 0.1) is 0 Å². The second-order valence-electron chi connectivity index (χ2n) is 8.82. The Morgan fingerprint density at radius 1 is 0.714 bits per heavy atom. The van der Waals surface area contributed by atoms with Crippen LogP contribution in [0.25, 0.3) is 0 Å².